The zero-order chi connectivity index (χ0) is 15.5. The number of hydrogen-bond donors (Lipinski definition) is 1. The van der Waals surface area contributed by atoms with Crippen molar-refractivity contribution >= 4 is 12.7 Å². The molecule has 0 aliphatic carbocycles. The first-order valence-corrected chi connectivity index (χ1v) is 4.92. The lowest BCUT2D eigenvalue weighted by molar-refractivity contribution is 0.00578. The maximum absolute atomic E-state index is 7.98. The molecule has 0 bridgehead atoms. The molecular weight excluding hydrogens is 189 g/mol. The van der Waals surface area contributed by atoms with Gasteiger partial charge < -0.3 is 14.3 Å². The fraction of sp³-hybridized carbons (Fsp3) is 0.636. The lowest BCUT2D eigenvalue weighted by Gasteiger charge is -2.32. The number of hydrogen-bond acceptors (Lipinski definition) is 2. The Hall–Kier alpha value is -0.735. The molecule has 0 unspecified atom stereocenters. The van der Waals surface area contributed by atoms with Crippen molar-refractivity contribution in [3.63, 3.8) is 0 Å². The number of rotatable bonds is 1. The van der Waals surface area contributed by atoms with Crippen molar-refractivity contribution in [2.24, 2.45) is 0 Å². The molecule has 1 aromatic rings. The van der Waals surface area contributed by atoms with Crippen LogP contribution in [-0.2, 0) is 9.31 Å². The SMILES string of the molecule is [2H]c1[nH]c(B2OC(C)(C)C(C)(C)O2)c([2H])c1C([2H])([2H])[2H]. The molecule has 0 radical (unpaired) electrons. The van der Waals surface area contributed by atoms with E-state index in [9.17, 15) is 0 Å². The van der Waals surface area contributed by atoms with E-state index in [1.54, 1.807) is 0 Å². The predicted octanol–water partition coefficient (Wildman–Crippen LogP) is 1.62. The number of nitrogens with one attached hydrogen (secondary N) is 1. The highest BCUT2D eigenvalue weighted by molar-refractivity contribution is 6.61. The average molecular weight is 212 g/mol. The summed E-state index contributed by atoms with van der Waals surface area (Å²) in [6.45, 7) is 4.96. The molecule has 15 heavy (non-hydrogen) atoms. The van der Waals surface area contributed by atoms with Gasteiger partial charge in [0.2, 0.25) is 0 Å². The number of aromatic nitrogens is 1. The van der Waals surface area contributed by atoms with Crippen LogP contribution in [-0.4, -0.2) is 23.3 Å². The fourth-order valence-corrected chi connectivity index (χ4v) is 1.41. The summed E-state index contributed by atoms with van der Waals surface area (Å²) < 4.78 is 49.4. The van der Waals surface area contributed by atoms with Gasteiger partial charge in [-0.25, -0.2) is 0 Å². The Morgan fingerprint density at radius 1 is 1.33 bits per heavy atom. The summed E-state index contributed by atoms with van der Waals surface area (Å²) in [5.74, 6) is 0. The lowest BCUT2D eigenvalue weighted by Crippen LogP contribution is -2.41. The first kappa shape index (κ1) is 6.11. The standard InChI is InChI=1S/C11H18BNO2/c1-8-6-9(13-7-8)12-14-10(2,3)11(4,5)15-12/h6-7,13H,1-5H3/i1D3,6D,7D. The second kappa shape index (κ2) is 3.13. The summed E-state index contributed by atoms with van der Waals surface area (Å²) in [5.41, 5.74) is -1.29. The van der Waals surface area contributed by atoms with Crippen molar-refractivity contribution in [2.75, 3.05) is 0 Å². The van der Waals surface area contributed by atoms with Crippen molar-refractivity contribution < 1.29 is 16.2 Å². The van der Waals surface area contributed by atoms with Gasteiger partial charge in [0.15, 0.2) is 0 Å². The van der Waals surface area contributed by atoms with Gasteiger partial charge >= 0.3 is 7.12 Å². The fourth-order valence-electron chi connectivity index (χ4n) is 1.41. The van der Waals surface area contributed by atoms with Gasteiger partial charge in [-0.15, -0.1) is 0 Å². The van der Waals surface area contributed by atoms with Crippen LogP contribution in [0.25, 0.3) is 0 Å². The summed E-state index contributed by atoms with van der Waals surface area (Å²) in [5, 5.41) is 0. The third kappa shape index (κ3) is 1.72. The van der Waals surface area contributed by atoms with Gasteiger partial charge in [-0.05, 0) is 46.2 Å². The van der Waals surface area contributed by atoms with Crippen molar-refractivity contribution in [3.8, 4) is 0 Å². The van der Waals surface area contributed by atoms with Gasteiger partial charge in [-0.2, -0.15) is 0 Å². The van der Waals surface area contributed by atoms with E-state index in [1.165, 1.54) is 0 Å². The quantitative estimate of drug-likeness (QED) is 0.718. The highest BCUT2D eigenvalue weighted by Crippen LogP contribution is 2.36. The molecule has 0 saturated carbocycles. The summed E-state index contributed by atoms with van der Waals surface area (Å²) in [7, 11) is -0.868. The molecule has 0 aromatic carbocycles. The summed E-state index contributed by atoms with van der Waals surface area (Å²) in [4.78, 5) is 2.61. The summed E-state index contributed by atoms with van der Waals surface area (Å²) in [6.07, 6.45) is -0.292. The third-order valence-electron chi connectivity index (χ3n) is 3.07. The van der Waals surface area contributed by atoms with Crippen LogP contribution in [0.1, 0.15) is 40.1 Å². The molecule has 3 nitrogen and oxygen atoms in total. The predicted molar refractivity (Wildman–Crippen MR) is 61.2 cm³/mol. The molecule has 1 fully saturated rings. The van der Waals surface area contributed by atoms with E-state index in [4.69, 9.17) is 16.2 Å². The Balaban J connectivity index is 2.43. The molecule has 1 aromatic heterocycles. The molecule has 0 spiro atoms. The zero-order valence-electron chi connectivity index (χ0n) is 14.4. The summed E-state index contributed by atoms with van der Waals surface area (Å²) >= 11 is 0. The minimum absolute atomic E-state index is 0.180. The molecule has 0 amide bonds. The van der Waals surface area contributed by atoms with E-state index < -0.39 is 25.2 Å². The smallest absolute Gasteiger partial charge is 0.398 e. The second-order valence-corrected chi connectivity index (χ2v) is 4.75. The first-order chi connectivity index (χ1) is 8.87. The Bertz CT molecular complexity index is 522. The lowest BCUT2D eigenvalue weighted by atomic mass is 9.85. The molecule has 1 aliphatic heterocycles. The van der Waals surface area contributed by atoms with Gasteiger partial charge in [0, 0.05) is 15.9 Å². The maximum Gasteiger partial charge on any atom is 0.512 e. The molecular formula is C11H18BNO2. The molecule has 2 heterocycles. The van der Waals surface area contributed by atoms with Crippen LogP contribution in [0, 0.1) is 6.85 Å². The van der Waals surface area contributed by atoms with Gasteiger partial charge in [0.25, 0.3) is 0 Å². The highest BCUT2D eigenvalue weighted by atomic mass is 16.7. The van der Waals surface area contributed by atoms with E-state index in [-0.39, 0.29) is 23.4 Å². The third-order valence-corrected chi connectivity index (χ3v) is 3.07. The highest BCUT2D eigenvalue weighted by Gasteiger charge is 2.52. The van der Waals surface area contributed by atoms with Crippen LogP contribution in [0.5, 0.6) is 0 Å². The van der Waals surface area contributed by atoms with E-state index in [0.29, 0.717) is 0 Å². The van der Waals surface area contributed by atoms with Crippen molar-refractivity contribution in [1.29, 1.82) is 0 Å². The van der Waals surface area contributed by atoms with Crippen molar-refractivity contribution in [3.05, 3.63) is 17.8 Å². The monoisotopic (exact) mass is 212 g/mol. The zero-order valence-corrected chi connectivity index (χ0v) is 9.39. The Morgan fingerprint density at radius 2 is 1.93 bits per heavy atom. The van der Waals surface area contributed by atoms with Crippen LogP contribution in [0.4, 0.5) is 0 Å². The average Bonchev–Trinajstić information content (AvgIpc) is 2.60. The molecule has 2 rings (SSSR count). The van der Waals surface area contributed by atoms with Gasteiger partial charge in [0.1, 0.15) is 0 Å². The molecule has 1 saturated heterocycles. The van der Waals surface area contributed by atoms with Crippen LogP contribution in [0.2, 0.25) is 0 Å². The molecule has 4 heteroatoms. The van der Waals surface area contributed by atoms with Crippen molar-refractivity contribution in [1.82, 2.24) is 4.98 Å². The van der Waals surface area contributed by atoms with E-state index in [0.717, 1.165) is 0 Å². The first-order valence-electron chi connectivity index (χ1n) is 7.42. The maximum atomic E-state index is 7.98. The van der Waals surface area contributed by atoms with E-state index in [1.807, 2.05) is 27.7 Å². The van der Waals surface area contributed by atoms with Crippen LogP contribution < -0.4 is 5.59 Å². The molecule has 1 aliphatic rings. The summed E-state index contributed by atoms with van der Waals surface area (Å²) in [6, 6.07) is -0.242. The van der Waals surface area contributed by atoms with Crippen LogP contribution >= 0.6 is 0 Å². The number of H-pyrrole nitrogens is 1. The Labute approximate surface area is 98.3 Å². The largest absolute Gasteiger partial charge is 0.512 e. The van der Waals surface area contributed by atoms with Gasteiger partial charge in [0.05, 0.1) is 13.9 Å². The molecule has 0 atom stereocenters. The minimum atomic E-state index is -2.51. The normalized spacial score (nSPS) is 29.1. The Kier molecular flexibility index (Phi) is 1.27. The van der Waals surface area contributed by atoms with E-state index >= 15 is 0 Å². The topological polar surface area (TPSA) is 34.2 Å². The van der Waals surface area contributed by atoms with Crippen LogP contribution in [0.15, 0.2) is 12.2 Å². The molecule has 1 N–H and O–H groups in total. The Morgan fingerprint density at radius 3 is 2.40 bits per heavy atom. The van der Waals surface area contributed by atoms with E-state index in [2.05, 4.69) is 4.98 Å². The molecule has 82 valence electrons. The minimum Gasteiger partial charge on any atom is -0.398 e. The van der Waals surface area contributed by atoms with Crippen LogP contribution in [0.3, 0.4) is 0 Å². The second-order valence-electron chi connectivity index (χ2n) is 4.75. The van der Waals surface area contributed by atoms with Gasteiger partial charge in [-0.3, -0.25) is 0 Å². The number of aromatic amines is 1. The van der Waals surface area contributed by atoms with Gasteiger partial charge in [-0.1, -0.05) is 0 Å². The van der Waals surface area contributed by atoms with Crippen molar-refractivity contribution in [2.45, 2.75) is 45.7 Å².